The number of nitrogens with zero attached hydrogens (tertiary/aromatic N) is 1. The van der Waals surface area contributed by atoms with Crippen LogP contribution in [0, 0.1) is 6.92 Å². The van der Waals surface area contributed by atoms with Gasteiger partial charge in [-0.2, -0.15) is 0 Å². The molecule has 1 aliphatic heterocycles. The van der Waals surface area contributed by atoms with E-state index in [1.807, 2.05) is 19.1 Å². The molecule has 2 fully saturated rings. The van der Waals surface area contributed by atoms with Crippen molar-refractivity contribution in [3.8, 4) is 0 Å². The molecule has 136 valence electrons. The lowest BCUT2D eigenvalue weighted by Crippen LogP contribution is -2.44. The van der Waals surface area contributed by atoms with E-state index in [2.05, 4.69) is 0 Å². The maximum Gasteiger partial charge on any atom is 0.331 e. The van der Waals surface area contributed by atoms with Crippen LogP contribution in [-0.2, 0) is 24.2 Å². The van der Waals surface area contributed by atoms with Gasteiger partial charge in [0, 0.05) is 27.9 Å². The van der Waals surface area contributed by atoms with Crippen molar-refractivity contribution in [2.45, 2.75) is 38.3 Å². The van der Waals surface area contributed by atoms with Gasteiger partial charge in [-0.25, -0.2) is 13.2 Å². The van der Waals surface area contributed by atoms with E-state index < -0.39 is 15.8 Å². The summed E-state index contributed by atoms with van der Waals surface area (Å²) in [5.41, 5.74) is 0. The Hall–Kier alpha value is -1.67. The van der Waals surface area contributed by atoms with Gasteiger partial charge in [0.05, 0.1) is 11.5 Å². The molecular weight excluding hydrogens is 362 g/mol. The van der Waals surface area contributed by atoms with Gasteiger partial charge in [0.1, 0.15) is 0 Å². The lowest BCUT2D eigenvalue weighted by molar-refractivity contribution is -0.149. The number of thiophene rings is 1. The summed E-state index contributed by atoms with van der Waals surface area (Å²) in [5, 5.41) is 0. The second-order valence-electron chi connectivity index (χ2n) is 6.48. The van der Waals surface area contributed by atoms with Gasteiger partial charge in [0.25, 0.3) is 5.91 Å². The minimum atomic E-state index is -3.06. The smallest absolute Gasteiger partial charge is 0.331 e. The van der Waals surface area contributed by atoms with Crippen molar-refractivity contribution in [1.82, 2.24) is 4.90 Å². The van der Waals surface area contributed by atoms with Gasteiger partial charge in [0.2, 0.25) is 0 Å². The van der Waals surface area contributed by atoms with Gasteiger partial charge in [-0.05, 0) is 44.4 Å². The molecule has 25 heavy (non-hydrogen) atoms. The quantitative estimate of drug-likeness (QED) is 0.553. The van der Waals surface area contributed by atoms with Crippen molar-refractivity contribution in [1.29, 1.82) is 0 Å². The Morgan fingerprint density at radius 2 is 2.04 bits per heavy atom. The zero-order valence-electron chi connectivity index (χ0n) is 14.0. The molecule has 1 atom stereocenters. The average Bonchev–Trinajstić information content (AvgIpc) is 3.19. The number of rotatable bonds is 6. The van der Waals surface area contributed by atoms with Crippen molar-refractivity contribution in [3.05, 3.63) is 28.0 Å². The monoisotopic (exact) mass is 383 g/mol. The van der Waals surface area contributed by atoms with Crippen molar-refractivity contribution in [2.75, 3.05) is 18.1 Å². The van der Waals surface area contributed by atoms with Crippen molar-refractivity contribution >= 4 is 39.1 Å². The Morgan fingerprint density at radius 1 is 1.28 bits per heavy atom. The van der Waals surface area contributed by atoms with E-state index in [1.54, 1.807) is 22.3 Å². The molecule has 0 aromatic carbocycles. The van der Waals surface area contributed by atoms with Gasteiger partial charge >= 0.3 is 5.97 Å². The van der Waals surface area contributed by atoms with Gasteiger partial charge in [-0.1, -0.05) is 0 Å². The minimum Gasteiger partial charge on any atom is -0.452 e. The van der Waals surface area contributed by atoms with E-state index in [-0.39, 0.29) is 36.1 Å². The largest absolute Gasteiger partial charge is 0.452 e. The first-order valence-electron chi connectivity index (χ1n) is 8.27. The maximum atomic E-state index is 12.4. The Bertz CT molecular complexity index is 792. The van der Waals surface area contributed by atoms with Gasteiger partial charge in [-0.15, -0.1) is 11.3 Å². The molecular formula is C17H21NO5S2. The number of amides is 1. The zero-order valence-corrected chi connectivity index (χ0v) is 15.6. The normalized spacial score (nSPS) is 22.2. The Morgan fingerprint density at radius 3 is 2.60 bits per heavy atom. The first-order chi connectivity index (χ1) is 11.8. The van der Waals surface area contributed by atoms with Crippen LogP contribution in [0.4, 0.5) is 0 Å². The third kappa shape index (κ3) is 4.92. The summed E-state index contributed by atoms with van der Waals surface area (Å²) in [7, 11) is -3.06. The van der Waals surface area contributed by atoms with Crippen LogP contribution >= 0.6 is 11.3 Å². The van der Waals surface area contributed by atoms with Crippen LogP contribution in [0.5, 0.6) is 0 Å². The number of aryl methyl sites for hydroxylation is 1. The number of carbonyl (C=O) groups excluding carboxylic acids is 2. The Balaban J connectivity index is 1.53. The number of ether oxygens (including phenoxy) is 1. The first kappa shape index (κ1) is 18.1. The summed E-state index contributed by atoms with van der Waals surface area (Å²) >= 11 is 1.56. The molecule has 8 heteroatoms. The number of sulfone groups is 1. The predicted octanol–water partition coefficient (Wildman–Crippen LogP) is 1.79. The molecule has 0 spiro atoms. The molecule has 1 aromatic rings. The van der Waals surface area contributed by atoms with E-state index >= 15 is 0 Å². The van der Waals surface area contributed by atoms with Gasteiger partial charge < -0.3 is 9.64 Å². The molecule has 0 radical (unpaired) electrons. The van der Waals surface area contributed by atoms with Crippen molar-refractivity contribution < 1.29 is 22.7 Å². The summed E-state index contributed by atoms with van der Waals surface area (Å²) < 4.78 is 28.4. The molecule has 0 N–H and O–H groups in total. The van der Waals surface area contributed by atoms with E-state index in [0.717, 1.165) is 22.6 Å². The lowest BCUT2D eigenvalue weighted by Gasteiger charge is -2.28. The standard InChI is InChI=1S/C17H21NO5S2/c1-12-2-5-15(24-12)6-7-17(20)23-10-16(19)18(13-3-4-13)14-8-9-25(21,22)11-14/h2,5-7,13-14H,3-4,8-11H2,1H3/b7-6+/t14-/m0/s1. The average molecular weight is 383 g/mol. The highest BCUT2D eigenvalue weighted by Crippen LogP contribution is 2.32. The van der Waals surface area contributed by atoms with E-state index in [0.29, 0.717) is 6.42 Å². The predicted molar refractivity (Wildman–Crippen MR) is 96.0 cm³/mol. The van der Waals surface area contributed by atoms with Gasteiger partial charge in [0.15, 0.2) is 16.4 Å². The summed E-state index contributed by atoms with van der Waals surface area (Å²) in [6.07, 6.45) is 5.20. The molecule has 1 saturated carbocycles. The summed E-state index contributed by atoms with van der Waals surface area (Å²) in [6, 6.07) is 3.68. The Kier molecular flexibility index (Phi) is 5.29. The highest BCUT2D eigenvalue weighted by atomic mass is 32.2. The molecule has 2 aliphatic rings. The molecule has 3 rings (SSSR count). The minimum absolute atomic E-state index is 0.0147. The van der Waals surface area contributed by atoms with E-state index in [4.69, 9.17) is 4.74 Å². The fraction of sp³-hybridized carbons (Fsp3) is 0.529. The fourth-order valence-electron chi connectivity index (χ4n) is 3.00. The highest BCUT2D eigenvalue weighted by Gasteiger charge is 2.42. The molecule has 1 saturated heterocycles. The molecule has 1 amide bonds. The second-order valence-corrected chi connectivity index (χ2v) is 10.0. The molecule has 1 aromatic heterocycles. The maximum absolute atomic E-state index is 12.4. The second kappa shape index (κ2) is 7.29. The molecule has 0 unspecified atom stereocenters. The van der Waals surface area contributed by atoms with E-state index in [9.17, 15) is 18.0 Å². The van der Waals surface area contributed by atoms with E-state index in [1.165, 1.54) is 6.08 Å². The first-order valence-corrected chi connectivity index (χ1v) is 10.9. The zero-order chi connectivity index (χ0) is 18.0. The third-order valence-electron chi connectivity index (χ3n) is 4.31. The van der Waals surface area contributed by atoms with Gasteiger partial charge in [-0.3, -0.25) is 4.79 Å². The molecule has 1 aliphatic carbocycles. The van der Waals surface area contributed by atoms with Crippen LogP contribution in [0.15, 0.2) is 18.2 Å². The van der Waals surface area contributed by atoms with Crippen LogP contribution < -0.4 is 0 Å². The lowest BCUT2D eigenvalue weighted by atomic mass is 10.2. The number of hydrogen-bond acceptors (Lipinski definition) is 6. The topological polar surface area (TPSA) is 80.8 Å². The molecule has 2 heterocycles. The van der Waals surface area contributed by atoms with Crippen LogP contribution in [0.3, 0.4) is 0 Å². The number of carbonyl (C=O) groups is 2. The fourth-order valence-corrected chi connectivity index (χ4v) is 5.49. The number of hydrogen-bond donors (Lipinski definition) is 0. The molecule has 6 nitrogen and oxygen atoms in total. The SMILES string of the molecule is Cc1ccc(/C=C/C(=O)OCC(=O)N(C2CC2)[C@H]2CCS(=O)(=O)C2)s1. The van der Waals surface area contributed by atoms with Crippen LogP contribution in [0.1, 0.15) is 29.0 Å². The van der Waals surface area contributed by atoms with Crippen molar-refractivity contribution in [3.63, 3.8) is 0 Å². The summed E-state index contributed by atoms with van der Waals surface area (Å²) in [5.74, 6) is -0.745. The van der Waals surface area contributed by atoms with Crippen LogP contribution in [0.25, 0.3) is 6.08 Å². The highest BCUT2D eigenvalue weighted by molar-refractivity contribution is 7.91. The summed E-state index contributed by atoms with van der Waals surface area (Å²) in [6.45, 7) is 1.63. The molecule has 0 bridgehead atoms. The van der Waals surface area contributed by atoms with Crippen molar-refractivity contribution in [2.24, 2.45) is 0 Å². The van der Waals surface area contributed by atoms with Crippen LogP contribution in [-0.4, -0.2) is 55.4 Å². The Labute approximate surface area is 151 Å². The van der Waals surface area contributed by atoms with Crippen LogP contribution in [0.2, 0.25) is 0 Å². The summed E-state index contributed by atoms with van der Waals surface area (Å²) in [4.78, 5) is 27.9. The third-order valence-corrected chi connectivity index (χ3v) is 7.03. The number of esters is 1.